The molecule has 2 unspecified atom stereocenters. The minimum Gasteiger partial charge on any atom is -0.328 e. The summed E-state index contributed by atoms with van der Waals surface area (Å²) in [5, 5.41) is 6.11. The predicted molar refractivity (Wildman–Crippen MR) is 68.8 cm³/mol. The van der Waals surface area contributed by atoms with Gasteiger partial charge in [-0.3, -0.25) is 4.79 Å². The van der Waals surface area contributed by atoms with Gasteiger partial charge >= 0.3 is 0 Å². The molecular weight excluding hydrogens is 214 g/mol. The van der Waals surface area contributed by atoms with Crippen molar-refractivity contribution in [3.05, 3.63) is 29.3 Å². The molecule has 0 bridgehead atoms. The van der Waals surface area contributed by atoms with E-state index in [2.05, 4.69) is 16.7 Å². The zero-order valence-corrected chi connectivity index (χ0v) is 10.3. The first-order valence-electron chi connectivity index (χ1n) is 5.95. The fourth-order valence-electron chi connectivity index (χ4n) is 2.26. The number of rotatable bonds is 4. The smallest absolute Gasteiger partial charge is 0.228 e. The number of carbonyl (C=O) groups excluding carboxylic acids is 1. The average Bonchev–Trinajstić information content (AvgIpc) is 2.64. The van der Waals surface area contributed by atoms with E-state index in [1.165, 1.54) is 5.56 Å². The van der Waals surface area contributed by atoms with Crippen LogP contribution in [0.5, 0.6) is 0 Å². The summed E-state index contributed by atoms with van der Waals surface area (Å²) in [6, 6.07) is 6.52. The molecule has 1 aromatic rings. The van der Waals surface area contributed by atoms with Crippen molar-refractivity contribution < 1.29 is 4.79 Å². The van der Waals surface area contributed by atoms with Crippen molar-refractivity contribution in [2.75, 3.05) is 12.4 Å². The number of nitrogens with one attached hydrogen (secondary N) is 2. The normalized spacial score (nSPS) is 17.5. The molecule has 0 aromatic heterocycles. The van der Waals surface area contributed by atoms with Crippen LogP contribution in [0.4, 0.5) is 5.69 Å². The highest BCUT2D eigenvalue weighted by molar-refractivity contribution is 5.99. The van der Waals surface area contributed by atoms with Crippen LogP contribution in [0, 0.1) is 0 Å². The van der Waals surface area contributed by atoms with Crippen LogP contribution in [0.1, 0.15) is 30.5 Å². The first kappa shape index (κ1) is 12.1. The van der Waals surface area contributed by atoms with Gasteiger partial charge in [0.1, 0.15) is 0 Å². The van der Waals surface area contributed by atoms with E-state index in [1.54, 1.807) is 0 Å². The van der Waals surface area contributed by atoms with Crippen LogP contribution in [0.2, 0.25) is 0 Å². The number of benzene rings is 1. The third-order valence-corrected chi connectivity index (χ3v) is 3.11. The largest absolute Gasteiger partial charge is 0.328 e. The molecule has 0 fully saturated rings. The highest BCUT2D eigenvalue weighted by atomic mass is 16.1. The second-order valence-corrected chi connectivity index (χ2v) is 4.70. The molecule has 92 valence electrons. The Morgan fingerprint density at radius 3 is 2.94 bits per heavy atom. The molecule has 4 N–H and O–H groups in total. The molecule has 17 heavy (non-hydrogen) atoms. The lowest BCUT2D eigenvalue weighted by Gasteiger charge is -2.19. The second-order valence-electron chi connectivity index (χ2n) is 4.70. The Hall–Kier alpha value is -1.39. The molecule has 0 radical (unpaired) electrons. The topological polar surface area (TPSA) is 67.1 Å². The highest BCUT2D eigenvalue weighted by Crippen LogP contribution is 2.27. The summed E-state index contributed by atoms with van der Waals surface area (Å²) < 4.78 is 0. The number of carbonyl (C=O) groups is 1. The highest BCUT2D eigenvalue weighted by Gasteiger charge is 2.19. The van der Waals surface area contributed by atoms with Gasteiger partial charge in [0.2, 0.25) is 5.91 Å². The van der Waals surface area contributed by atoms with Crippen molar-refractivity contribution in [3.63, 3.8) is 0 Å². The van der Waals surface area contributed by atoms with E-state index in [9.17, 15) is 4.79 Å². The quantitative estimate of drug-likeness (QED) is 0.731. The lowest BCUT2D eigenvalue weighted by atomic mass is 9.98. The molecule has 1 amide bonds. The van der Waals surface area contributed by atoms with Crippen molar-refractivity contribution in [2.24, 2.45) is 5.73 Å². The number of anilines is 1. The molecule has 1 aliphatic heterocycles. The number of nitrogens with two attached hydrogens (primary N) is 1. The Morgan fingerprint density at radius 2 is 2.29 bits per heavy atom. The van der Waals surface area contributed by atoms with Crippen molar-refractivity contribution in [1.29, 1.82) is 0 Å². The molecule has 1 heterocycles. The Labute approximate surface area is 102 Å². The van der Waals surface area contributed by atoms with Gasteiger partial charge in [-0.15, -0.1) is 0 Å². The van der Waals surface area contributed by atoms with E-state index in [1.807, 2.05) is 26.1 Å². The van der Waals surface area contributed by atoms with Gasteiger partial charge in [0.15, 0.2) is 0 Å². The molecule has 0 aliphatic carbocycles. The van der Waals surface area contributed by atoms with Crippen molar-refractivity contribution in [3.8, 4) is 0 Å². The number of amides is 1. The second kappa shape index (κ2) is 4.85. The zero-order valence-electron chi connectivity index (χ0n) is 10.3. The van der Waals surface area contributed by atoms with Crippen molar-refractivity contribution in [1.82, 2.24) is 5.32 Å². The Kier molecular flexibility index (Phi) is 3.45. The third kappa shape index (κ3) is 2.65. The summed E-state index contributed by atoms with van der Waals surface area (Å²) in [4.78, 5) is 11.3. The summed E-state index contributed by atoms with van der Waals surface area (Å²) >= 11 is 0. The molecule has 0 spiro atoms. The lowest BCUT2D eigenvalue weighted by molar-refractivity contribution is -0.115. The zero-order chi connectivity index (χ0) is 12.4. The predicted octanol–water partition coefficient (Wildman–Crippen LogP) is 1.18. The minimum absolute atomic E-state index is 0.0744. The van der Waals surface area contributed by atoms with Crippen LogP contribution in [0.3, 0.4) is 0 Å². The molecule has 4 heteroatoms. The van der Waals surface area contributed by atoms with Gasteiger partial charge in [-0.2, -0.15) is 0 Å². The van der Waals surface area contributed by atoms with Crippen LogP contribution in [0.15, 0.2) is 18.2 Å². The fourth-order valence-corrected chi connectivity index (χ4v) is 2.26. The first-order chi connectivity index (χ1) is 8.10. The number of hydrogen-bond acceptors (Lipinski definition) is 3. The van der Waals surface area contributed by atoms with Gasteiger partial charge in [0.25, 0.3) is 0 Å². The lowest BCUT2D eigenvalue weighted by Crippen LogP contribution is -2.25. The Morgan fingerprint density at radius 1 is 1.53 bits per heavy atom. The van der Waals surface area contributed by atoms with Gasteiger partial charge in [-0.25, -0.2) is 0 Å². The van der Waals surface area contributed by atoms with E-state index in [4.69, 9.17) is 5.73 Å². The summed E-state index contributed by atoms with van der Waals surface area (Å²) in [6.45, 7) is 2.00. The van der Waals surface area contributed by atoms with Gasteiger partial charge in [-0.05, 0) is 37.6 Å². The van der Waals surface area contributed by atoms with Crippen molar-refractivity contribution in [2.45, 2.75) is 31.8 Å². The van der Waals surface area contributed by atoms with E-state index < -0.39 is 0 Å². The molecule has 4 nitrogen and oxygen atoms in total. The first-order valence-corrected chi connectivity index (χ1v) is 5.95. The summed E-state index contributed by atoms with van der Waals surface area (Å²) in [7, 11) is 1.93. The molecular formula is C13H19N3O. The molecule has 2 rings (SSSR count). The summed E-state index contributed by atoms with van der Waals surface area (Å²) in [5.74, 6) is 0.0744. The molecule has 0 saturated heterocycles. The maximum absolute atomic E-state index is 11.3. The maximum atomic E-state index is 11.3. The van der Waals surface area contributed by atoms with Crippen LogP contribution < -0.4 is 16.4 Å². The van der Waals surface area contributed by atoms with Crippen LogP contribution >= 0.6 is 0 Å². The van der Waals surface area contributed by atoms with Crippen LogP contribution in [-0.4, -0.2) is 19.0 Å². The standard InChI is InChI=1S/C13H19N3O/c1-8(14)5-12(15-2)9-3-4-11-10(6-9)7-13(17)16-11/h3-4,6,8,12,15H,5,7,14H2,1-2H3,(H,16,17). The number of fused-ring (bicyclic) bond motifs is 1. The Balaban J connectivity index is 2.22. The SMILES string of the molecule is CNC(CC(C)N)c1ccc2c(c1)CC(=O)N2. The fraction of sp³-hybridized carbons (Fsp3) is 0.462. The van der Waals surface area contributed by atoms with Gasteiger partial charge in [-0.1, -0.05) is 12.1 Å². The maximum Gasteiger partial charge on any atom is 0.228 e. The van der Waals surface area contributed by atoms with Crippen LogP contribution in [0.25, 0.3) is 0 Å². The van der Waals surface area contributed by atoms with Gasteiger partial charge in [0.05, 0.1) is 6.42 Å². The average molecular weight is 233 g/mol. The van der Waals surface area contributed by atoms with Crippen molar-refractivity contribution >= 4 is 11.6 Å². The molecule has 1 aliphatic rings. The number of hydrogen-bond donors (Lipinski definition) is 3. The van der Waals surface area contributed by atoms with E-state index in [0.29, 0.717) is 6.42 Å². The van der Waals surface area contributed by atoms with E-state index in [0.717, 1.165) is 17.7 Å². The van der Waals surface area contributed by atoms with Gasteiger partial charge in [0, 0.05) is 17.8 Å². The third-order valence-electron chi connectivity index (χ3n) is 3.11. The monoisotopic (exact) mass is 233 g/mol. The Bertz CT molecular complexity index is 429. The van der Waals surface area contributed by atoms with Gasteiger partial charge < -0.3 is 16.4 Å². The van der Waals surface area contributed by atoms with E-state index in [-0.39, 0.29) is 18.0 Å². The molecule has 0 saturated carbocycles. The molecule has 2 atom stereocenters. The minimum atomic E-state index is 0.0744. The van der Waals surface area contributed by atoms with Crippen LogP contribution in [-0.2, 0) is 11.2 Å². The summed E-state index contributed by atoms with van der Waals surface area (Å²) in [5.41, 5.74) is 9.05. The van der Waals surface area contributed by atoms with E-state index >= 15 is 0 Å². The molecule has 1 aromatic carbocycles. The summed E-state index contributed by atoms with van der Waals surface area (Å²) in [6.07, 6.45) is 1.37.